The number of rotatable bonds is 14. The van der Waals surface area contributed by atoms with Crippen LogP contribution in [0.1, 0.15) is 147 Å². The minimum absolute atomic E-state index is 0.102. The van der Waals surface area contributed by atoms with Crippen LogP contribution in [0.15, 0.2) is 73.2 Å². The summed E-state index contributed by atoms with van der Waals surface area (Å²) in [5.74, 6) is -1.03. The number of hydrogen-bond acceptors (Lipinski definition) is 13. The summed E-state index contributed by atoms with van der Waals surface area (Å²) in [5, 5.41) is 0. The van der Waals surface area contributed by atoms with Crippen LogP contribution in [0.3, 0.4) is 0 Å². The summed E-state index contributed by atoms with van der Waals surface area (Å²) in [7, 11) is 0. The van der Waals surface area contributed by atoms with E-state index in [9.17, 15) is 19.2 Å². The Kier molecular flexibility index (Phi) is 24.1. The van der Waals surface area contributed by atoms with Gasteiger partial charge in [-0.2, -0.15) is 0 Å². The Hall–Kier alpha value is -5.72. The molecule has 4 heterocycles. The number of carbonyl (C=O) groups excluding carboxylic acids is 4. The van der Waals surface area contributed by atoms with E-state index >= 15 is 0 Å². The van der Waals surface area contributed by atoms with Crippen LogP contribution < -0.4 is 4.74 Å². The van der Waals surface area contributed by atoms with Crippen molar-refractivity contribution in [3.05, 3.63) is 113 Å². The molecule has 0 aliphatic rings. The van der Waals surface area contributed by atoms with Crippen molar-refractivity contribution >= 4 is 23.9 Å². The van der Waals surface area contributed by atoms with Gasteiger partial charge >= 0.3 is 23.9 Å². The van der Waals surface area contributed by atoms with Gasteiger partial charge in [0.15, 0.2) is 17.1 Å². The fraction of sp³-hybridized carbons (Fsp3) is 0.467. The molecule has 0 atom stereocenters. The highest BCUT2D eigenvalue weighted by Crippen LogP contribution is 2.17. The van der Waals surface area contributed by atoms with Crippen molar-refractivity contribution in [1.29, 1.82) is 0 Å². The second-order valence-electron chi connectivity index (χ2n) is 14.0. The fourth-order valence-corrected chi connectivity index (χ4v) is 4.39. The van der Waals surface area contributed by atoms with Gasteiger partial charge in [0.1, 0.15) is 11.4 Å². The average Bonchev–Trinajstić information content (AvgIpc) is 3.16. The van der Waals surface area contributed by atoms with Gasteiger partial charge in [-0.25, -0.2) is 39.1 Å². The van der Waals surface area contributed by atoms with Crippen LogP contribution in [0.2, 0.25) is 0 Å². The highest BCUT2D eigenvalue weighted by molar-refractivity contribution is 5.90. The van der Waals surface area contributed by atoms with E-state index in [1.54, 1.807) is 68.8 Å². The van der Waals surface area contributed by atoms with Crippen molar-refractivity contribution in [2.45, 2.75) is 133 Å². The molecule has 0 fully saturated rings. The number of ether oxygens (including phenoxy) is 5. The molecule has 58 heavy (non-hydrogen) atoms. The number of esters is 4. The standard InChI is InChI=1S/C13H19NO2.C12H17NO3.2C10H13NO2/c1-4-5-6-11-7-8-12(14-9-11)13(15)16-10(2)3;1-4-8-15-10-6-5-7-13-11(10)12(14)16-9(2)3;1-7(2)13-10(12)9-8(3)5-4-6-11-9;1-7(2)13-10(12)9-6-4-5-8(3)11-9/h7-10H,4-6H2,1-3H3;5-7,9H,4,8H2,1-3H3;2*4-7H,1-3H3. The molecular formula is C45H62N4O9. The van der Waals surface area contributed by atoms with Crippen molar-refractivity contribution in [1.82, 2.24) is 19.9 Å². The van der Waals surface area contributed by atoms with Gasteiger partial charge in [-0.1, -0.05) is 38.5 Å². The van der Waals surface area contributed by atoms with E-state index in [4.69, 9.17) is 23.7 Å². The van der Waals surface area contributed by atoms with Crippen molar-refractivity contribution in [2.24, 2.45) is 0 Å². The van der Waals surface area contributed by atoms with E-state index in [1.807, 2.05) is 80.5 Å². The van der Waals surface area contributed by atoms with Crippen LogP contribution in [0.4, 0.5) is 0 Å². The van der Waals surface area contributed by atoms with Gasteiger partial charge < -0.3 is 23.7 Å². The maximum atomic E-state index is 11.7. The van der Waals surface area contributed by atoms with Crippen molar-refractivity contribution in [3.8, 4) is 5.75 Å². The first-order valence-corrected chi connectivity index (χ1v) is 19.7. The quantitative estimate of drug-likeness (QED) is 0.0875. The molecule has 13 heteroatoms. The van der Waals surface area contributed by atoms with Crippen LogP contribution in [0, 0.1) is 13.8 Å². The van der Waals surface area contributed by atoms with E-state index in [1.165, 1.54) is 5.56 Å². The number of hydrogen-bond donors (Lipinski definition) is 0. The molecule has 0 saturated carbocycles. The first kappa shape index (κ1) is 50.3. The third kappa shape index (κ3) is 21.0. The number of aromatic nitrogens is 4. The van der Waals surface area contributed by atoms with Gasteiger partial charge in [-0.3, -0.25) is 0 Å². The lowest BCUT2D eigenvalue weighted by Gasteiger charge is -2.11. The van der Waals surface area contributed by atoms with Crippen LogP contribution in [0.5, 0.6) is 5.75 Å². The normalized spacial score (nSPS) is 10.3. The summed E-state index contributed by atoms with van der Waals surface area (Å²) in [6, 6.07) is 16.0. The van der Waals surface area contributed by atoms with Crippen molar-refractivity contribution in [2.75, 3.05) is 6.61 Å². The monoisotopic (exact) mass is 802 g/mol. The summed E-state index contributed by atoms with van der Waals surface area (Å²) in [4.78, 5) is 62.0. The van der Waals surface area contributed by atoms with Gasteiger partial charge in [0.2, 0.25) is 0 Å². The number of pyridine rings is 4. The van der Waals surface area contributed by atoms with Gasteiger partial charge in [0.25, 0.3) is 0 Å². The highest BCUT2D eigenvalue weighted by Gasteiger charge is 2.17. The van der Waals surface area contributed by atoms with Crippen molar-refractivity contribution in [3.63, 3.8) is 0 Å². The molecule has 316 valence electrons. The summed E-state index contributed by atoms with van der Waals surface area (Å²) in [6.45, 7) is 22.9. The maximum absolute atomic E-state index is 11.7. The molecule has 4 aromatic heterocycles. The number of unbranched alkanes of at least 4 members (excludes halogenated alkanes) is 1. The Morgan fingerprint density at radius 3 is 1.60 bits per heavy atom. The Bertz CT molecular complexity index is 1830. The van der Waals surface area contributed by atoms with E-state index in [0.29, 0.717) is 29.4 Å². The Balaban J connectivity index is 0.000000389. The van der Waals surface area contributed by atoms with Crippen LogP contribution >= 0.6 is 0 Å². The second kappa shape index (κ2) is 27.8. The summed E-state index contributed by atoms with van der Waals surface area (Å²) in [6.07, 6.45) is 8.64. The number of aryl methyl sites for hydroxylation is 3. The zero-order valence-corrected chi connectivity index (χ0v) is 36.2. The molecule has 0 amide bonds. The minimum Gasteiger partial charge on any atom is -0.491 e. The van der Waals surface area contributed by atoms with E-state index in [2.05, 4.69) is 26.9 Å². The topological polar surface area (TPSA) is 166 Å². The Morgan fingerprint density at radius 1 is 0.569 bits per heavy atom. The summed E-state index contributed by atoms with van der Waals surface area (Å²) in [5.41, 5.74) is 4.22. The number of carbonyl (C=O) groups is 4. The third-order valence-electron chi connectivity index (χ3n) is 6.95. The molecule has 4 rings (SSSR count). The third-order valence-corrected chi connectivity index (χ3v) is 6.95. The van der Waals surface area contributed by atoms with Gasteiger partial charge in [0.05, 0.1) is 31.0 Å². The lowest BCUT2D eigenvalue weighted by atomic mass is 10.1. The first-order chi connectivity index (χ1) is 27.5. The highest BCUT2D eigenvalue weighted by atomic mass is 16.6. The van der Waals surface area contributed by atoms with E-state index in [-0.39, 0.29) is 48.0 Å². The molecule has 0 radical (unpaired) electrons. The lowest BCUT2D eigenvalue weighted by Crippen LogP contribution is -2.14. The average molecular weight is 803 g/mol. The Morgan fingerprint density at radius 2 is 1.10 bits per heavy atom. The van der Waals surface area contributed by atoms with Gasteiger partial charge in [-0.15, -0.1) is 0 Å². The maximum Gasteiger partial charge on any atom is 0.361 e. The predicted octanol–water partition coefficient (Wildman–Crippen LogP) is 9.34. The van der Waals surface area contributed by atoms with Gasteiger partial charge in [0, 0.05) is 24.3 Å². The minimum atomic E-state index is -0.443. The van der Waals surface area contributed by atoms with Crippen LogP contribution in [0.25, 0.3) is 0 Å². The predicted molar refractivity (Wildman–Crippen MR) is 223 cm³/mol. The molecule has 0 unspecified atom stereocenters. The SMILES string of the molecule is CCCCc1ccc(C(=O)OC(C)C)nc1.CCCOc1cccnc1C(=O)OC(C)C.Cc1cccc(C(=O)OC(C)C)n1.Cc1cccnc1C(=O)OC(C)C. The van der Waals surface area contributed by atoms with Crippen molar-refractivity contribution < 1.29 is 42.9 Å². The molecule has 13 nitrogen and oxygen atoms in total. The number of nitrogens with zero attached hydrogens (tertiary/aromatic N) is 4. The second-order valence-corrected chi connectivity index (χ2v) is 14.0. The smallest absolute Gasteiger partial charge is 0.361 e. The molecular weight excluding hydrogens is 741 g/mol. The molecule has 0 bridgehead atoms. The summed E-state index contributed by atoms with van der Waals surface area (Å²) >= 11 is 0. The summed E-state index contributed by atoms with van der Waals surface area (Å²) < 4.78 is 25.6. The fourth-order valence-electron chi connectivity index (χ4n) is 4.39. The first-order valence-electron chi connectivity index (χ1n) is 19.7. The van der Waals surface area contributed by atoms with Crippen LogP contribution in [-0.2, 0) is 25.4 Å². The zero-order valence-electron chi connectivity index (χ0n) is 36.2. The molecule has 4 aromatic rings. The molecule has 0 aliphatic heterocycles. The van der Waals surface area contributed by atoms with Crippen LogP contribution in [-0.4, -0.2) is 74.8 Å². The molecule has 0 aliphatic carbocycles. The van der Waals surface area contributed by atoms with Gasteiger partial charge in [-0.05, 0) is 136 Å². The molecule has 0 aromatic carbocycles. The van der Waals surface area contributed by atoms with E-state index < -0.39 is 5.97 Å². The lowest BCUT2D eigenvalue weighted by molar-refractivity contribution is 0.0356. The Labute approximate surface area is 344 Å². The zero-order chi connectivity index (χ0) is 43.6. The molecule has 0 N–H and O–H groups in total. The molecule has 0 spiro atoms. The largest absolute Gasteiger partial charge is 0.491 e. The molecule has 0 saturated heterocycles. The van der Waals surface area contributed by atoms with E-state index in [0.717, 1.165) is 36.9 Å².